The molecule has 1 aromatic heterocycles. The van der Waals surface area contributed by atoms with Gasteiger partial charge >= 0.3 is 0 Å². The highest BCUT2D eigenvalue weighted by Gasteiger charge is 2.26. The van der Waals surface area contributed by atoms with Crippen LogP contribution in [-0.2, 0) is 35.7 Å². The van der Waals surface area contributed by atoms with E-state index in [2.05, 4.69) is 5.32 Å². The van der Waals surface area contributed by atoms with E-state index in [1.165, 1.54) is 45.4 Å². The van der Waals surface area contributed by atoms with Gasteiger partial charge in [0, 0.05) is 30.0 Å². The molecule has 8 heteroatoms. The van der Waals surface area contributed by atoms with Gasteiger partial charge in [-0.05, 0) is 62.3 Å². The molecule has 0 saturated carbocycles. The summed E-state index contributed by atoms with van der Waals surface area (Å²) in [6.45, 7) is 1.05. The Morgan fingerprint density at radius 2 is 2.07 bits per heavy atom. The molecule has 0 spiro atoms. The summed E-state index contributed by atoms with van der Waals surface area (Å²) in [5.41, 5.74) is 3.47. The zero-order valence-electron chi connectivity index (χ0n) is 16.0. The number of sulfonamides is 1. The van der Waals surface area contributed by atoms with Gasteiger partial charge in [0.1, 0.15) is 0 Å². The summed E-state index contributed by atoms with van der Waals surface area (Å²) < 4.78 is 25.0. The summed E-state index contributed by atoms with van der Waals surface area (Å²) in [7, 11) is -3.27. The number of carbonyl (C=O) groups excluding carboxylic acids is 1. The van der Waals surface area contributed by atoms with Crippen LogP contribution in [0.25, 0.3) is 0 Å². The van der Waals surface area contributed by atoms with Crippen LogP contribution in [0.4, 0.5) is 5.69 Å². The number of nitrogens with one attached hydrogen (secondary N) is 1. The van der Waals surface area contributed by atoms with Gasteiger partial charge < -0.3 is 5.32 Å². The van der Waals surface area contributed by atoms with E-state index in [0.29, 0.717) is 30.8 Å². The summed E-state index contributed by atoms with van der Waals surface area (Å²) in [6.07, 6.45) is 8.40. The van der Waals surface area contributed by atoms with Crippen molar-refractivity contribution in [2.24, 2.45) is 0 Å². The van der Waals surface area contributed by atoms with E-state index >= 15 is 0 Å². The average Bonchev–Trinajstić information content (AvgIpc) is 3.27. The van der Waals surface area contributed by atoms with Crippen LogP contribution in [0.15, 0.2) is 18.2 Å². The molecule has 0 bridgehead atoms. The van der Waals surface area contributed by atoms with E-state index in [0.717, 1.165) is 24.8 Å². The molecule has 1 aromatic carbocycles. The van der Waals surface area contributed by atoms with Crippen molar-refractivity contribution < 1.29 is 13.2 Å². The zero-order valence-corrected chi connectivity index (χ0v) is 17.7. The highest BCUT2D eigenvalue weighted by atomic mass is 32.2. The maximum atomic E-state index is 12.4. The van der Waals surface area contributed by atoms with Gasteiger partial charge in [0.25, 0.3) is 5.91 Å². The molecule has 0 radical (unpaired) electrons. The molecule has 1 aliphatic carbocycles. The Bertz CT molecular complexity index is 975. The van der Waals surface area contributed by atoms with Crippen molar-refractivity contribution in [3.8, 4) is 0 Å². The molecule has 1 aliphatic heterocycles. The van der Waals surface area contributed by atoms with Crippen LogP contribution in [0.5, 0.6) is 0 Å². The van der Waals surface area contributed by atoms with E-state index in [9.17, 15) is 13.2 Å². The fourth-order valence-electron chi connectivity index (χ4n) is 3.91. The summed E-state index contributed by atoms with van der Waals surface area (Å²) in [5, 5.41) is 4.15. The number of hydrogen-bond acceptors (Lipinski definition) is 5. The van der Waals surface area contributed by atoms with Crippen molar-refractivity contribution in [2.45, 2.75) is 44.9 Å². The minimum absolute atomic E-state index is 0.112. The normalized spacial score (nSPS) is 16.0. The third-order valence-corrected chi connectivity index (χ3v) is 7.73. The van der Waals surface area contributed by atoms with E-state index in [4.69, 9.17) is 4.98 Å². The summed E-state index contributed by atoms with van der Waals surface area (Å²) in [6, 6.07) is 5.25. The lowest BCUT2D eigenvalue weighted by molar-refractivity contribution is 0.0953. The molecule has 28 heavy (non-hydrogen) atoms. The van der Waals surface area contributed by atoms with Crippen LogP contribution in [0.2, 0.25) is 0 Å². The number of carbonyl (C=O) groups is 1. The minimum Gasteiger partial charge on any atom is -0.352 e. The number of nitrogens with zero attached hydrogens (tertiary/aromatic N) is 2. The van der Waals surface area contributed by atoms with E-state index < -0.39 is 10.0 Å². The highest BCUT2D eigenvalue weighted by Crippen LogP contribution is 2.31. The van der Waals surface area contributed by atoms with Crippen molar-refractivity contribution >= 4 is 33.0 Å². The number of thiazole rings is 1. The highest BCUT2D eigenvalue weighted by molar-refractivity contribution is 7.92. The van der Waals surface area contributed by atoms with Gasteiger partial charge in [-0.1, -0.05) is 0 Å². The van der Waals surface area contributed by atoms with Gasteiger partial charge in [0.2, 0.25) is 10.0 Å². The number of anilines is 1. The first-order valence-electron chi connectivity index (χ1n) is 9.78. The fraction of sp³-hybridized carbons (Fsp3) is 0.500. The molecule has 2 heterocycles. The molecule has 0 fully saturated rings. The third kappa shape index (κ3) is 4.07. The van der Waals surface area contributed by atoms with E-state index in [-0.39, 0.29) is 5.91 Å². The second kappa shape index (κ2) is 7.83. The number of amides is 1. The molecule has 2 aliphatic rings. The number of benzene rings is 1. The molecule has 0 unspecified atom stereocenters. The smallest absolute Gasteiger partial charge is 0.251 e. The van der Waals surface area contributed by atoms with Crippen LogP contribution < -0.4 is 9.62 Å². The molecule has 150 valence electrons. The van der Waals surface area contributed by atoms with Crippen molar-refractivity contribution in [3.63, 3.8) is 0 Å². The molecule has 0 atom stereocenters. The molecule has 2 aromatic rings. The Balaban J connectivity index is 1.30. The Hall–Kier alpha value is -1.93. The first kappa shape index (κ1) is 19.4. The second-order valence-electron chi connectivity index (χ2n) is 7.47. The van der Waals surface area contributed by atoms with Crippen LogP contribution in [-0.4, -0.2) is 38.7 Å². The predicted molar refractivity (Wildman–Crippen MR) is 112 cm³/mol. The summed E-state index contributed by atoms with van der Waals surface area (Å²) in [5.74, 6) is -0.112. The van der Waals surface area contributed by atoms with E-state index in [1.807, 2.05) is 17.4 Å². The molecular weight excluding hydrogens is 394 g/mol. The largest absolute Gasteiger partial charge is 0.352 e. The number of fused-ring (bicyclic) bond motifs is 2. The van der Waals surface area contributed by atoms with Gasteiger partial charge in [-0.2, -0.15) is 0 Å². The standard InChI is InChI=1S/C20H25N3O3S2/c1-28(25,26)23-12-10-14-13-15(8-9-17(14)23)20(24)21-11-4-7-19-22-16-5-2-3-6-18(16)27-19/h8-9,13H,2-7,10-12H2,1H3,(H,21,24). The number of rotatable bonds is 6. The van der Waals surface area contributed by atoms with Gasteiger partial charge in [-0.15, -0.1) is 11.3 Å². The van der Waals surface area contributed by atoms with E-state index in [1.54, 1.807) is 12.1 Å². The third-order valence-electron chi connectivity index (χ3n) is 5.34. The quantitative estimate of drug-likeness (QED) is 0.730. The monoisotopic (exact) mass is 419 g/mol. The lowest BCUT2D eigenvalue weighted by atomic mass is 10.0. The molecule has 1 N–H and O–H groups in total. The van der Waals surface area contributed by atoms with Crippen molar-refractivity contribution in [2.75, 3.05) is 23.7 Å². The Kier molecular flexibility index (Phi) is 5.42. The first-order valence-corrected chi connectivity index (χ1v) is 12.4. The van der Waals surface area contributed by atoms with Crippen LogP contribution in [0.1, 0.15) is 50.8 Å². The fourth-order valence-corrected chi connectivity index (χ4v) is 6.07. The summed E-state index contributed by atoms with van der Waals surface area (Å²) >= 11 is 1.83. The maximum Gasteiger partial charge on any atom is 0.251 e. The molecular formula is C20H25N3O3S2. The first-order chi connectivity index (χ1) is 13.4. The van der Waals surface area contributed by atoms with Gasteiger partial charge in [0.15, 0.2) is 0 Å². The topological polar surface area (TPSA) is 79.4 Å². The Morgan fingerprint density at radius 1 is 1.25 bits per heavy atom. The van der Waals surface area contributed by atoms with Gasteiger partial charge in [0.05, 0.1) is 22.6 Å². The van der Waals surface area contributed by atoms with Crippen molar-refractivity contribution in [3.05, 3.63) is 44.9 Å². The van der Waals surface area contributed by atoms with Crippen molar-refractivity contribution in [1.82, 2.24) is 10.3 Å². The molecule has 1 amide bonds. The summed E-state index contributed by atoms with van der Waals surface area (Å²) in [4.78, 5) is 18.6. The van der Waals surface area contributed by atoms with Gasteiger partial charge in [-0.3, -0.25) is 9.10 Å². The number of aryl methyl sites for hydroxylation is 3. The predicted octanol–water partition coefficient (Wildman–Crippen LogP) is 2.71. The number of aromatic nitrogens is 1. The molecule has 0 saturated heterocycles. The Labute approximate surface area is 170 Å². The lowest BCUT2D eigenvalue weighted by Gasteiger charge is -2.16. The average molecular weight is 420 g/mol. The minimum atomic E-state index is -3.27. The second-order valence-corrected chi connectivity index (χ2v) is 10.5. The van der Waals surface area contributed by atoms with Gasteiger partial charge in [-0.25, -0.2) is 13.4 Å². The van der Waals surface area contributed by atoms with Crippen LogP contribution >= 0.6 is 11.3 Å². The Morgan fingerprint density at radius 3 is 2.86 bits per heavy atom. The van der Waals surface area contributed by atoms with Crippen molar-refractivity contribution in [1.29, 1.82) is 0 Å². The van der Waals surface area contributed by atoms with Crippen LogP contribution in [0.3, 0.4) is 0 Å². The zero-order chi connectivity index (χ0) is 19.7. The lowest BCUT2D eigenvalue weighted by Crippen LogP contribution is -2.27. The SMILES string of the molecule is CS(=O)(=O)N1CCc2cc(C(=O)NCCCc3nc4c(s3)CCCC4)ccc21. The number of hydrogen-bond donors (Lipinski definition) is 1. The maximum absolute atomic E-state index is 12.4. The molecule has 6 nitrogen and oxygen atoms in total. The molecule has 4 rings (SSSR count). The van der Waals surface area contributed by atoms with Crippen LogP contribution in [0, 0.1) is 0 Å².